The smallest absolute Gasteiger partial charge is 0.146 e. The fraction of sp³-hybridized carbons (Fsp3) is 0.444. The van der Waals surface area contributed by atoms with Gasteiger partial charge < -0.3 is 11.5 Å². The van der Waals surface area contributed by atoms with Crippen LogP contribution >= 0.6 is 0 Å². The molecule has 1 rings (SSSR count). The minimum absolute atomic E-state index is 0.419. The monoisotopic (exact) mass is 165 g/mol. The van der Waals surface area contributed by atoms with Crippen molar-refractivity contribution in [3.8, 4) is 0 Å². The lowest BCUT2D eigenvalue weighted by Gasteiger charge is -2.05. The van der Waals surface area contributed by atoms with Gasteiger partial charge in [-0.25, -0.2) is 4.98 Å². The second-order valence-corrected chi connectivity index (χ2v) is 3.42. The molecule has 0 bridgehead atoms. The maximum absolute atomic E-state index is 5.61. The van der Waals surface area contributed by atoms with E-state index >= 15 is 0 Å². The molecule has 3 heteroatoms. The zero-order valence-electron chi connectivity index (χ0n) is 7.54. The van der Waals surface area contributed by atoms with Gasteiger partial charge in [-0.1, -0.05) is 13.8 Å². The molecular weight excluding hydrogens is 150 g/mol. The van der Waals surface area contributed by atoms with Crippen LogP contribution in [0.4, 0.5) is 11.5 Å². The maximum atomic E-state index is 5.61. The first kappa shape index (κ1) is 8.84. The Kier molecular flexibility index (Phi) is 2.53. The Hall–Kier alpha value is -1.25. The highest BCUT2D eigenvalue weighted by Gasteiger charge is 2.00. The van der Waals surface area contributed by atoms with E-state index < -0.39 is 0 Å². The van der Waals surface area contributed by atoms with Gasteiger partial charge in [-0.2, -0.15) is 0 Å². The van der Waals surface area contributed by atoms with E-state index in [-0.39, 0.29) is 0 Å². The van der Waals surface area contributed by atoms with Crippen molar-refractivity contribution in [2.45, 2.75) is 20.3 Å². The molecule has 0 aliphatic carbocycles. The summed E-state index contributed by atoms with van der Waals surface area (Å²) >= 11 is 0. The highest BCUT2D eigenvalue weighted by atomic mass is 14.9. The SMILES string of the molecule is CC(C)Cc1cnc(N)c(N)c1. The summed E-state index contributed by atoms with van der Waals surface area (Å²) in [5.74, 6) is 1.04. The van der Waals surface area contributed by atoms with E-state index in [4.69, 9.17) is 11.5 Å². The van der Waals surface area contributed by atoms with Gasteiger partial charge in [-0.05, 0) is 24.0 Å². The fourth-order valence-electron chi connectivity index (χ4n) is 1.12. The largest absolute Gasteiger partial charge is 0.396 e. The molecule has 1 aromatic rings. The van der Waals surface area contributed by atoms with E-state index in [1.807, 2.05) is 6.07 Å². The summed E-state index contributed by atoms with van der Waals surface area (Å²) in [5.41, 5.74) is 12.8. The molecule has 3 nitrogen and oxygen atoms in total. The van der Waals surface area contributed by atoms with Crippen molar-refractivity contribution in [1.82, 2.24) is 4.98 Å². The second kappa shape index (κ2) is 3.43. The topological polar surface area (TPSA) is 64.9 Å². The minimum Gasteiger partial charge on any atom is -0.396 e. The van der Waals surface area contributed by atoms with E-state index in [0.717, 1.165) is 12.0 Å². The second-order valence-electron chi connectivity index (χ2n) is 3.42. The quantitative estimate of drug-likeness (QED) is 0.697. The van der Waals surface area contributed by atoms with Crippen LogP contribution in [0, 0.1) is 5.92 Å². The van der Waals surface area contributed by atoms with Crippen LogP contribution in [0.25, 0.3) is 0 Å². The van der Waals surface area contributed by atoms with Crippen LogP contribution < -0.4 is 11.5 Å². The molecule has 1 aromatic heterocycles. The first-order valence-electron chi connectivity index (χ1n) is 4.09. The summed E-state index contributed by atoms with van der Waals surface area (Å²) in [6.45, 7) is 4.32. The molecule has 4 N–H and O–H groups in total. The van der Waals surface area contributed by atoms with Crippen molar-refractivity contribution in [3.63, 3.8) is 0 Å². The first-order chi connectivity index (χ1) is 5.59. The predicted molar refractivity (Wildman–Crippen MR) is 51.6 cm³/mol. The third-order valence-electron chi connectivity index (χ3n) is 1.65. The third kappa shape index (κ3) is 2.12. The van der Waals surface area contributed by atoms with E-state index in [0.29, 0.717) is 17.4 Å². The molecule has 12 heavy (non-hydrogen) atoms. The van der Waals surface area contributed by atoms with Crippen molar-refractivity contribution in [3.05, 3.63) is 17.8 Å². The number of anilines is 2. The normalized spacial score (nSPS) is 10.6. The van der Waals surface area contributed by atoms with Crippen LogP contribution in [0.3, 0.4) is 0 Å². The Bertz CT molecular complexity index is 268. The van der Waals surface area contributed by atoms with Gasteiger partial charge in [0.2, 0.25) is 0 Å². The Morgan fingerprint density at radius 1 is 1.42 bits per heavy atom. The van der Waals surface area contributed by atoms with Gasteiger partial charge in [-0.3, -0.25) is 0 Å². The van der Waals surface area contributed by atoms with E-state index in [1.165, 1.54) is 0 Å². The molecule has 0 saturated heterocycles. The third-order valence-corrected chi connectivity index (χ3v) is 1.65. The molecule has 1 heterocycles. The summed E-state index contributed by atoms with van der Waals surface area (Å²) in [6.07, 6.45) is 2.78. The Labute approximate surface area is 72.8 Å². The number of nitrogens with two attached hydrogens (primary N) is 2. The summed E-state index contributed by atoms with van der Waals surface area (Å²) in [5, 5.41) is 0. The predicted octanol–water partition coefficient (Wildman–Crippen LogP) is 1.44. The fourth-order valence-corrected chi connectivity index (χ4v) is 1.12. The van der Waals surface area contributed by atoms with Crippen LogP contribution in [-0.2, 0) is 6.42 Å². The van der Waals surface area contributed by atoms with E-state index in [1.54, 1.807) is 6.20 Å². The lowest BCUT2D eigenvalue weighted by Crippen LogP contribution is -2.01. The molecule has 66 valence electrons. The molecule has 0 aliphatic rings. The zero-order chi connectivity index (χ0) is 9.14. The first-order valence-corrected chi connectivity index (χ1v) is 4.09. The number of pyridine rings is 1. The Morgan fingerprint density at radius 3 is 2.58 bits per heavy atom. The number of nitrogen functional groups attached to an aromatic ring is 2. The number of hydrogen-bond acceptors (Lipinski definition) is 3. The van der Waals surface area contributed by atoms with Crippen LogP contribution in [0.2, 0.25) is 0 Å². The molecule has 0 amide bonds. The van der Waals surface area contributed by atoms with Gasteiger partial charge in [0.15, 0.2) is 0 Å². The van der Waals surface area contributed by atoms with Gasteiger partial charge >= 0.3 is 0 Å². The van der Waals surface area contributed by atoms with Gasteiger partial charge in [-0.15, -0.1) is 0 Å². The highest BCUT2D eigenvalue weighted by molar-refractivity contribution is 5.58. The van der Waals surface area contributed by atoms with Gasteiger partial charge in [0.25, 0.3) is 0 Å². The summed E-state index contributed by atoms with van der Waals surface area (Å²) < 4.78 is 0. The molecule has 0 radical (unpaired) electrons. The summed E-state index contributed by atoms with van der Waals surface area (Å²) in [7, 11) is 0. The van der Waals surface area contributed by atoms with E-state index in [2.05, 4.69) is 18.8 Å². The molecule has 0 saturated carbocycles. The van der Waals surface area contributed by atoms with Crippen LogP contribution in [-0.4, -0.2) is 4.98 Å². The van der Waals surface area contributed by atoms with E-state index in [9.17, 15) is 0 Å². The number of rotatable bonds is 2. The average molecular weight is 165 g/mol. The molecule has 0 aliphatic heterocycles. The standard InChI is InChI=1S/C9H15N3/c1-6(2)3-7-4-8(10)9(11)12-5-7/h4-6H,3,10H2,1-2H3,(H2,11,12). The average Bonchev–Trinajstić information content (AvgIpc) is 1.96. The highest BCUT2D eigenvalue weighted by Crippen LogP contribution is 2.15. The summed E-state index contributed by atoms with van der Waals surface area (Å²) in [6, 6.07) is 1.89. The van der Waals surface area contributed by atoms with Crippen molar-refractivity contribution in [2.24, 2.45) is 5.92 Å². The zero-order valence-corrected chi connectivity index (χ0v) is 7.54. The lowest BCUT2D eigenvalue weighted by atomic mass is 10.0. The van der Waals surface area contributed by atoms with Crippen LogP contribution in [0.5, 0.6) is 0 Å². The number of hydrogen-bond donors (Lipinski definition) is 2. The maximum Gasteiger partial charge on any atom is 0.146 e. The molecule has 0 fully saturated rings. The summed E-state index contributed by atoms with van der Waals surface area (Å²) in [4.78, 5) is 3.98. The van der Waals surface area contributed by atoms with Crippen molar-refractivity contribution in [2.75, 3.05) is 11.5 Å². The van der Waals surface area contributed by atoms with Crippen LogP contribution in [0.15, 0.2) is 12.3 Å². The number of aromatic nitrogens is 1. The Morgan fingerprint density at radius 2 is 2.08 bits per heavy atom. The van der Waals surface area contributed by atoms with Crippen molar-refractivity contribution < 1.29 is 0 Å². The molecular formula is C9H15N3. The van der Waals surface area contributed by atoms with Gasteiger partial charge in [0.05, 0.1) is 5.69 Å². The lowest BCUT2D eigenvalue weighted by molar-refractivity contribution is 0.646. The minimum atomic E-state index is 0.419. The molecule has 0 unspecified atom stereocenters. The van der Waals surface area contributed by atoms with Crippen molar-refractivity contribution in [1.29, 1.82) is 0 Å². The van der Waals surface area contributed by atoms with Gasteiger partial charge in [0, 0.05) is 6.20 Å². The molecule has 0 spiro atoms. The molecule has 0 aromatic carbocycles. The Balaban J connectivity index is 2.82. The molecule has 0 atom stereocenters. The van der Waals surface area contributed by atoms with Crippen LogP contribution in [0.1, 0.15) is 19.4 Å². The number of nitrogens with zero attached hydrogens (tertiary/aromatic N) is 1. The van der Waals surface area contributed by atoms with Gasteiger partial charge in [0.1, 0.15) is 5.82 Å². The van der Waals surface area contributed by atoms with Crippen molar-refractivity contribution >= 4 is 11.5 Å².